The average molecular weight is 249 g/mol. The number of amides is 2. The number of hydrogen-bond acceptors (Lipinski definition) is 3. The maximum atomic E-state index is 11.7. The zero-order chi connectivity index (χ0) is 13.5. The fourth-order valence-corrected chi connectivity index (χ4v) is 1.51. The summed E-state index contributed by atoms with van der Waals surface area (Å²) in [5.74, 6) is -0.244. The van der Waals surface area contributed by atoms with Gasteiger partial charge in [-0.05, 0) is 31.7 Å². The van der Waals surface area contributed by atoms with E-state index in [2.05, 4.69) is 16.0 Å². The fourth-order valence-electron chi connectivity index (χ4n) is 1.51. The van der Waals surface area contributed by atoms with Crippen molar-refractivity contribution in [3.63, 3.8) is 0 Å². The number of rotatable bonds is 5. The summed E-state index contributed by atoms with van der Waals surface area (Å²) < 4.78 is 0. The lowest BCUT2D eigenvalue weighted by molar-refractivity contribution is -0.116. The van der Waals surface area contributed by atoms with E-state index in [1.54, 1.807) is 13.1 Å². The molecule has 0 radical (unpaired) electrons. The molecule has 0 bridgehead atoms. The summed E-state index contributed by atoms with van der Waals surface area (Å²) in [4.78, 5) is 22.7. The molecule has 0 saturated heterocycles. The average Bonchev–Trinajstić information content (AvgIpc) is 2.29. The second kappa shape index (κ2) is 6.76. The summed E-state index contributed by atoms with van der Waals surface area (Å²) in [6.07, 6.45) is 0.393. The molecular formula is C13H19N3O2. The molecule has 0 spiro atoms. The normalized spacial score (nSPS) is 9.94. The zero-order valence-corrected chi connectivity index (χ0v) is 11.0. The molecule has 2 amide bonds. The van der Waals surface area contributed by atoms with E-state index in [1.807, 2.05) is 19.1 Å². The maximum absolute atomic E-state index is 11.7. The second-order valence-electron chi connectivity index (χ2n) is 4.13. The Morgan fingerprint density at radius 2 is 1.89 bits per heavy atom. The molecule has 0 fully saturated rings. The summed E-state index contributed by atoms with van der Waals surface area (Å²) in [7, 11) is 1.79. The van der Waals surface area contributed by atoms with Crippen LogP contribution in [0.4, 0.5) is 11.4 Å². The first-order valence-corrected chi connectivity index (χ1v) is 5.85. The Kier molecular flexibility index (Phi) is 5.32. The Morgan fingerprint density at radius 3 is 2.50 bits per heavy atom. The Labute approximate surface area is 107 Å². The van der Waals surface area contributed by atoms with Gasteiger partial charge in [0.05, 0.1) is 11.4 Å². The molecule has 0 aliphatic rings. The van der Waals surface area contributed by atoms with Gasteiger partial charge in [-0.15, -0.1) is 0 Å². The highest BCUT2D eigenvalue weighted by Gasteiger charge is 2.08. The summed E-state index contributed by atoms with van der Waals surface area (Å²) in [6, 6.07) is 5.50. The monoisotopic (exact) mass is 249 g/mol. The fraction of sp³-hybridized carbons (Fsp3) is 0.385. The smallest absolute Gasteiger partial charge is 0.225 e. The van der Waals surface area contributed by atoms with Gasteiger partial charge in [0.15, 0.2) is 0 Å². The Bertz CT molecular complexity index is 444. The van der Waals surface area contributed by atoms with Gasteiger partial charge in [0.2, 0.25) is 11.8 Å². The summed E-state index contributed by atoms with van der Waals surface area (Å²) >= 11 is 0. The van der Waals surface area contributed by atoms with E-state index >= 15 is 0 Å². The van der Waals surface area contributed by atoms with Crippen LogP contribution in [0.3, 0.4) is 0 Å². The van der Waals surface area contributed by atoms with E-state index in [1.165, 1.54) is 6.92 Å². The van der Waals surface area contributed by atoms with E-state index < -0.39 is 0 Å². The van der Waals surface area contributed by atoms with Crippen LogP contribution in [-0.2, 0) is 9.59 Å². The molecule has 18 heavy (non-hydrogen) atoms. The predicted molar refractivity (Wildman–Crippen MR) is 72.7 cm³/mol. The van der Waals surface area contributed by atoms with E-state index in [4.69, 9.17) is 0 Å². The number of nitrogens with one attached hydrogen (secondary N) is 3. The number of carbonyl (C=O) groups excluding carboxylic acids is 2. The molecule has 0 unspecified atom stereocenters. The third kappa shape index (κ3) is 4.55. The van der Waals surface area contributed by atoms with Crippen LogP contribution in [-0.4, -0.2) is 25.4 Å². The van der Waals surface area contributed by atoms with Crippen molar-refractivity contribution < 1.29 is 9.59 Å². The van der Waals surface area contributed by atoms with Crippen LogP contribution in [0.5, 0.6) is 0 Å². The van der Waals surface area contributed by atoms with Crippen LogP contribution in [0.25, 0.3) is 0 Å². The van der Waals surface area contributed by atoms with Crippen molar-refractivity contribution in [3.05, 3.63) is 23.8 Å². The quantitative estimate of drug-likeness (QED) is 0.740. The molecule has 0 aliphatic carbocycles. The van der Waals surface area contributed by atoms with Gasteiger partial charge in [0, 0.05) is 19.9 Å². The van der Waals surface area contributed by atoms with Crippen LogP contribution in [0.1, 0.15) is 18.9 Å². The number of benzene rings is 1. The Balaban J connectivity index is 2.81. The number of aryl methyl sites for hydroxylation is 1. The van der Waals surface area contributed by atoms with E-state index in [9.17, 15) is 9.59 Å². The lowest BCUT2D eigenvalue weighted by Gasteiger charge is -2.12. The summed E-state index contributed by atoms with van der Waals surface area (Å²) in [5.41, 5.74) is 2.27. The topological polar surface area (TPSA) is 70.2 Å². The van der Waals surface area contributed by atoms with E-state index in [0.29, 0.717) is 24.3 Å². The van der Waals surface area contributed by atoms with Crippen molar-refractivity contribution in [1.29, 1.82) is 0 Å². The summed E-state index contributed by atoms with van der Waals surface area (Å²) in [5, 5.41) is 8.40. The molecule has 1 aromatic rings. The van der Waals surface area contributed by atoms with Gasteiger partial charge in [-0.1, -0.05) is 6.07 Å². The third-order valence-electron chi connectivity index (χ3n) is 2.36. The van der Waals surface area contributed by atoms with Crippen LogP contribution in [0, 0.1) is 6.92 Å². The number of anilines is 2. The van der Waals surface area contributed by atoms with E-state index in [0.717, 1.165) is 5.56 Å². The molecule has 5 nitrogen and oxygen atoms in total. The number of carbonyl (C=O) groups is 2. The molecule has 1 aromatic carbocycles. The molecule has 0 aromatic heterocycles. The molecular weight excluding hydrogens is 230 g/mol. The second-order valence-corrected chi connectivity index (χ2v) is 4.13. The minimum Gasteiger partial charge on any atom is -0.325 e. The minimum absolute atomic E-state index is 0.0819. The Morgan fingerprint density at radius 1 is 1.17 bits per heavy atom. The highest BCUT2D eigenvalue weighted by Crippen LogP contribution is 2.23. The van der Waals surface area contributed by atoms with Crippen molar-refractivity contribution in [2.45, 2.75) is 20.3 Å². The maximum Gasteiger partial charge on any atom is 0.225 e. The molecule has 0 aliphatic heterocycles. The van der Waals surface area contributed by atoms with E-state index in [-0.39, 0.29) is 11.8 Å². The SMILES string of the molecule is CNCCC(=O)Nc1cc(C)ccc1NC(C)=O. The van der Waals surface area contributed by atoms with Crippen LogP contribution >= 0.6 is 0 Å². The number of hydrogen-bond donors (Lipinski definition) is 3. The third-order valence-corrected chi connectivity index (χ3v) is 2.36. The molecule has 3 N–H and O–H groups in total. The van der Waals surface area contributed by atoms with Crippen LogP contribution in [0.2, 0.25) is 0 Å². The first kappa shape index (κ1) is 14.2. The first-order valence-electron chi connectivity index (χ1n) is 5.85. The highest BCUT2D eigenvalue weighted by atomic mass is 16.2. The zero-order valence-electron chi connectivity index (χ0n) is 11.0. The van der Waals surface area contributed by atoms with Crippen LogP contribution in [0.15, 0.2) is 18.2 Å². The minimum atomic E-state index is -0.162. The van der Waals surface area contributed by atoms with Gasteiger partial charge in [-0.3, -0.25) is 9.59 Å². The molecule has 5 heteroatoms. The largest absolute Gasteiger partial charge is 0.325 e. The van der Waals surface area contributed by atoms with Gasteiger partial charge in [0.25, 0.3) is 0 Å². The van der Waals surface area contributed by atoms with Gasteiger partial charge < -0.3 is 16.0 Å². The molecule has 1 rings (SSSR count). The standard InChI is InChI=1S/C13H19N3O2/c1-9-4-5-11(15-10(2)17)12(8-9)16-13(18)6-7-14-3/h4-5,8,14H,6-7H2,1-3H3,(H,15,17)(H,16,18). The lowest BCUT2D eigenvalue weighted by atomic mass is 10.2. The highest BCUT2D eigenvalue weighted by molar-refractivity contribution is 5.99. The van der Waals surface area contributed by atoms with Gasteiger partial charge in [-0.25, -0.2) is 0 Å². The van der Waals surface area contributed by atoms with Gasteiger partial charge >= 0.3 is 0 Å². The molecule has 0 heterocycles. The molecule has 0 atom stereocenters. The predicted octanol–water partition coefficient (Wildman–Crippen LogP) is 1.50. The van der Waals surface area contributed by atoms with Crippen molar-refractivity contribution in [1.82, 2.24) is 5.32 Å². The van der Waals surface area contributed by atoms with Crippen molar-refractivity contribution >= 4 is 23.2 Å². The van der Waals surface area contributed by atoms with Crippen molar-refractivity contribution in [3.8, 4) is 0 Å². The lowest BCUT2D eigenvalue weighted by Crippen LogP contribution is -2.20. The van der Waals surface area contributed by atoms with Crippen molar-refractivity contribution in [2.75, 3.05) is 24.2 Å². The summed E-state index contributed by atoms with van der Waals surface area (Å²) in [6.45, 7) is 3.99. The first-order chi connectivity index (χ1) is 8.52. The van der Waals surface area contributed by atoms with Gasteiger partial charge in [-0.2, -0.15) is 0 Å². The molecule has 0 saturated carbocycles. The van der Waals surface area contributed by atoms with Crippen LogP contribution < -0.4 is 16.0 Å². The Hall–Kier alpha value is -1.88. The van der Waals surface area contributed by atoms with Gasteiger partial charge in [0.1, 0.15) is 0 Å². The molecule has 98 valence electrons. The van der Waals surface area contributed by atoms with Crippen molar-refractivity contribution in [2.24, 2.45) is 0 Å².